The lowest BCUT2D eigenvalue weighted by Crippen LogP contribution is -2.42. The molecule has 0 aromatic rings. The van der Waals surface area contributed by atoms with Crippen LogP contribution in [-0.2, 0) is 9.59 Å². The molecule has 4 heteroatoms. The van der Waals surface area contributed by atoms with Crippen molar-refractivity contribution in [3.63, 3.8) is 0 Å². The van der Waals surface area contributed by atoms with Gasteiger partial charge in [0, 0.05) is 6.42 Å². The number of hydrogen-bond donors (Lipinski definition) is 1. The van der Waals surface area contributed by atoms with E-state index < -0.39 is 0 Å². The average Bonchev–Trinajstić information content (AvgIpc) is 1.94. The standard InChI is InChI=1S/C6H9NO2S/c1-10-5-2-6(9)7-3-4(5)8/h5H,2-3H2,1H3,(H,7,9). The molecule has 3 nitrogen and oxygen atoms in total. The van der Waals surface area contributed by atoms with Crippen LogP contribution in [0.5, 0.6) is 0 Å². The monoisotopic (exact) mass is 159 g/mol. The van der Waals surface area contributed by atoms with Gasteiger partial charge >= 0.3 is 0 Å². The molecule has 0 aromatic carbocycles. The summed E-state index contributed by atoms with van der Waals surface area (Å²) in [7, 11) is 0. The first-order valence-corrected chi connectivity index (χ1v) is 4.35. The fourth-order valence-corrected chi connectivity index (χ4v) is 1.53. The predicted octanol–water partition coefficient (Wildman–Crippen LogP) is -0.193. The maximum Gasteiger partial charge on any atom is 0.221 e. The molecule has 1 saturated heterocycles. The third-order valence-electron chi connectivity index (χ3n) is 1.47. The second kappa shape index (κ2) is 3.05. The lowest BCUT2D eigenvalue weighted by molar-refractivity contribution is -0.129. The second-order valence-corrected chi connectivity index (χ2v) is 3.21. The Kier molecular flexibility index (Phi) is 2.32. The topological polar surface area (TPSA) is 46.2 Å². The first-order chi connectivity index (χ1) is 4.74. The van der Waals surface area contributed by atoms with Crippen LogP contribution in [-0.4, -0.2) is 29.7 Å². The zero-order valence-corrected chi connectivity index (χ0v) is 6.53. The predicted molar refractivity (Wildman–Crippen MR) is 39.9 cm³/mol. The van der Waals surface area contributed by atoms with Gasteiger partial charge in [0.1, 0.15) is 0 Å². The molecule has 0 radical (unpaired) electrons. The van der Waals surface area contributed by atoms with E-state index in [4.69, 9.17) is 0 Å². The van der Waals surface area contributed by atoms with Gasteiger partial charge in [0.05, 0.1) is 11.8 Å². The van der Waals surface area contributed by atoms with E-state index in [9.17, 15) is 9.59 Å². The van der Waals surface area contributed by atoms with Gasteiger partial charge in [-0.1, -0.05) is 0 Å². The van der Waals surface area contributed by atoms with Crippen LogP contribution in [0.4, 0.5) is 0 Å². The molecule has 0 bridgehead atoms. The van der Waals surface area contributed by atoms with E-state index in [-0.39, 0.29) is 23.5 Å². The van der Waals surface area contributed by atoms with Crippen molar-refractivity contribution in [2.45, 2.75) is 11.7 Å². The highest BCUT2D eigenvalue weighted by Crippen LogP contribution is 2.14. The summed E-state index contributed by atoms with van der Waals surface area (Å²) in [5.74, 6) is 0.117. The smallest absolute Gasteiger partial charge is 0.221 e. The Hall–Kier alpha value is -0.510. The molecule has 1 atom stereocenters. The molecule has 1 heterocycles. The molecule has 10 heavy (non-hydrogen) atoms. The van der Waals surface area contributed by atoms with Crippen LogP contribution < -0.4 is 5.32 Å². The van der Waals surface area contributed by atoms with Crippen LogP contribution in [0.2, 0.25) is 0 Å². The van der Waals surface area contributed by atoms with E-state index in [0.717, 1.165) is 0 Å². The van der Waals surface area contributed by atoms with Crippen molar-refractivity contribution in [1.29, 1.82) is 0 Å². The molecule has 1 N–H and O–H groups in total. The number of ketones is 1. The molecule has 1 unspecified atom stereocenters. The van der Waals surface area contributed by atoms with Crippen molar-refractivity contribution in [2.75, 3.05) is 12.8 Å². The molecule has 0 saturated carbocycles. The third-order valence-corrected chi connectivity index (χ3v) is 2.47. The fourth-order valence-electron chi connectivity index (χ4n) is 0.869. The zero-order valence-electron chi connectivity index (χ0n) is 5.72. The van der Waals surface area contributed by atoms with Crippen molar-refractivity contribution in [3.8, 4) is 0 Å². The first kappa shape index (κ1) is 7.60. The van der Waals surface area contributed by atoms with Crippen LogP contribution in [0.1, 0.15) is 6.42 Å². The lowest BCUT2D eigenvalue weighted by atomic mass is 10.1. The second-order valence-electron chi connectivity index (χ2n) is 2.17. The average molecular weight is 159 g/mol. The molecular formula is C6H9NO2S. The van der Waals surface area contributed by atoms with E-state index in [0.29, 0.717) is 6.42 Å². The fraction of sp³-hybridized carbons (Fsp3) is 0.667. The Bertz CT molecular complexity index is 169. The summed E-state index contributed by atoms with van der Waals surface area (Å²) in [6.07, 6.45) is 2.20. The van der Waals surface area contributed by atoms with E-state index in [1.54, 1.807) is 0 Å². The highest BCUT2D eigenvalue weighted by atomic mass is 32.2. The molecule has 1 rings (SSSR count). The Balaban J connectivity index is 2.53. The van der Waals surface area contributed by atoms with Gasteiger partial charge < -0.3 is 5.32 Å². The van der Waals surface area contributed by atoms with Crippen molar-refractivity contribution in [2.24, 2.45) is 0 Å². The van der Waals surface area contributed by atoms with Gasteiger partial charge in [-0.05, 0) is 6.26 Å². The number of rotatable bonds is 1. The maximum absolute atomic E-state index is 10.9. The summed E-state index contributed by atoms with van der Waals surface area (Å²) >= 11 is 1.45. The van der Waals surface area contributed by atoms with Crippen molar-refractivity contribution < 1.29 is 9.59 Å². The summed E-state index contributed by atoms with van der Waals surface area (Å²) in [5.41, 5.74) is 0. The van der Waals surface area contributed by atoms with Gasteiger partial charge in [-0.25, -0.2) is 0 Å². The number of carbonyl (C=O) groups is 2. The number of thioether (sulfide) groups is 1. The van der Waals surface area contributed by atoms with Gasteiger partial charge in [-0.15, -0.1) is 0 Å². The molecule has 1 fully saturated rings. The number of hydrogen-bond acceptors (Lipinski definition) is 3. The molecule has 0 spiro atoms. The summed E-state index contributed by atoms with van der Waals surface area (Å²) in [6.45, 7) is 0.213. The molecule has 0 aromatic heterocycles. The maximum atomic E-state index is 10.9. The Morgan fingerprint density at radius 2 is 2.30 bits per heavy atom. The minimum Gasteiger partial charge on any atom is -0.349 e. The van der Waals surface area contributed by atoms with Crippen LogP contribution in [0.3, 0.4) is 0 Å². The van der Waals surface area contributed by atoms with Crippen LogP contribution in [0.25, 0.3) is 0 Å². The highest BCUT2D eigenvalue weighted by molar-refractivity contribution is 8.00. The van der Waals surface area contributed by atoms with Crippen molar-refractivity contribution >= 4 is 23.5 Å². The molecular weight excluding hydrogens is 150 g/mol. The summed E-state index contributed by atoms with van der Waals surface area (Å²) in [4.78, 5) is 21.6. The molecule has 1 aliphatic heterocycles. The SMILES string of the molecule is CSC1CC(=O)NCC1=O. The van der Waals surface area contributed by atoms with Crippen LogP contribution >= 0.6 is 11.8 Å². The number of carbonyl (C=O) groups excluding carboxylic acids is 2. The van der Waals surface area contributed by atoms with E-state index in [2.05, 4.69) is 5.32 Å². The van der Waals surface area contributed by atoms with Gasteiger partial charge in [0.2, 0.25) is 5.91 Å². The lowest BCUT2D eigenvalue weighted by Gasteiger charge is -2.18. The van der Waals surface area contributed by atoms with Crippen LogP contribution in [0, 0.1) is 0 Å². The van der Waals surface area contributed by atoms with E-state index in [1.165, 1.54) is 11.8 Å². The van der Waals surface area contributed by atoms with Crippen LogP contribution in [0.15, 0.2) is 0 Å². The number of piperidine rings is 1. The van der Waals surface area contributed by atoms with Gasteiger partial charge in [0.15, 0.2) is 5.78 Å². The number of Topliss-reactive ketones (excluding diaryl/α,β-unsaturated/α-hetero) is 1. The number of nitrogens with one attached hydrogen (secondary N) is 1. The molecule has 0 aliphatic carbocycles. The summed E-state index contributed by atoms with van der Waals surface area (Å²) < 4.78 is 0. The minimum absolute atomic E-state index is 0.0149. The first-order valence-electron chi connectivity index (χ1n) is 3.06. The normalized spacial score (nSPS) is 26.3. The van der Waals surface area contributed by atoms with Gasteiger partial charge in [-0.3, -0.25) is 9.59 Å². The van der Waals surface area contributed by atoms with Crippen molar-refractivity contribution in [1.82, 2.24) is 5.32 Å². The Morgan fingerprint density at radius 1 is 1.60 bits per heavy atom. The molecule has 56 valence electrons. The molecule has 1 aliphatic rings. The summed E-state index contributed by atoms with van der Waals surface area (Å²) in [6, 6.07) is 0. The largest absolute Gasteiger partial charge is 0.349 e. The Labute approximate surface area is 63.6 Å². The van der Waals surface area contributed by atoms with Crippen molar-refractivity contribution in [3.05, 3.63) is 0 Å². The highest BCUT2D eigenvalue weighted by Gasteiger charge is 2.25. The molecule has 1 amide bonds. The van der Waals surface area contributed by atoms with E-state index >= 15 is 0 Å². The van der Waals surface area contributed by atoms with Gasteiger partial charge in [-0.2, -0.15) is 11.8 Å². The Morgan fingerprint density at radius 3 is 2.80 bits per heavy atom. The third kappa shape index (κ3) is 1.50. The summed E-state index contributed by atoms with van der Waals surface area (Å²) in [5, 5.41) is 2.39. The quantitative estimate of drug-likeness (QED) is 0.576. The number of amides is 1. The minimum atomic E-state index is -0.103. The van der Waals surface area contributed by atoms with E-state index in [1.807, 2.05) is 6.26 Å². The van der Waals surface area contributed by atoms with Gasteiger partial charge in [0.25, 0.3) is 0 Å². The zero-order chi connectivity index (χ0) is 7.56.